The summed E-state index contributed by atoms with van der Waals surface area (Å²) >= 11 is 0. The Hall–Kier alpha value is -4.17. The molecule has 6 rings (SSSR count). The highest BCUT2D eigenvalue weighted by molar-refractivity contribution is 5.74. The number of fused-ring (bicyclic) bond motifs is 2. The van der Waals surface area contributed by atoms with Gasteiger partial charge in [0.05, 0.1) is 43.0 Å². The SMILES string of the molecule is Cc1cncc(CNc2ccc3c(c2)Cc2cccc(-c4cc(N5CCOCC5)cc(=O)[nH]4)c2O3)n1. The van der Waals surface area contributed by atoms with Crippen molar-refractivity contribution in [3.8, 4) is 22.8 Å². The number of hydrogen-bond acceptors (Lipinski definition) is 7. The first-order valence-corrected chi connectivity index (χ1v) is 12.1. The van der Waals surface area contributed by atoms with Crippen molar-refractivity contribution in [3.63, 3.8) is 0 Å². The molecule has 4 heterocycles. The van der Waals surface area contributed by atoms with E-state index in [1.807, 2.05) is 37.3 Å². The smallest absolute Gasteiger partial charge is 0.250 e. The molecule has 0 atom stereocenters. The van der Waals surface area contributed by atoms with Crippen LogP contribution in [-0.4, -0.2) is 41.3 Å². The molecule has 0 saturated carbocycles. The van der Waals surface area contributed by atoms with Gasteiger partial charge in [-0.15, -0.1) is 0 Å². The molecule has 0 radical (unpaired) electrons. The molecule has 1 fully saturated rings. The maximum Gasteiger partial charge on any atom is 0.250 e. The van der Waals surface area contributed by atoms with Crippen molar-refractivity contribution < 1.29 is 9.47 Å². The van der Waals surface area contributed by atoms with Crippen molar-refractivity contribution in [1.29, 1.82) is 0 Å². The van der Waals surface area contributed by atoms with Crippen LogP contribution in [-0.2, 0) is 17.7 Å². The molecule has 2 aromatic carbocycles. The number of hydrogen-bond donors (Lipinski definition) is 2. The Balaban J connectivity index is 1.26. The van der Waals surface area contributed by atoms with E-state index in [1.165, 1.54) is 0 Å². The predicted molar refractivity (Wildman–Crippen MR) is 139 cm³/mol. The topological polar surface area (TPSA) is 92.4 Å². The molecule has 2 aromatic heterocycles. The first-order chi connectivity index (χ1) is 17.6. The van der Waals surface area contributed by atoms with E-state index in [4.69, 9.17) is 9.47 Å². The number of nitrogens with zero attached hydrogens (tertiary/aromatic N) is 3. The van der Waals surface area contributed by atoms with Crippen molar-refractivity contribution in [1.82, 2.24) is 15.0 Å². The van der Waals surface area contributed by atoms with Gasteiger partial charge in [0.25, 0.3) is 0 Å². The molecular formula is C28H27N5O3. The first-order valence-electron chi connectivity index (χ1n) is 12.1. The number of benzene rings is 2. The second kappa shape index (κ2) is 9.47. The van der Waals surface area contributed by atoms with E-state index in [0.717, 1.165) is 76.2 Å². The number of morpholine rings is 1. The third-order valence-corrected chi connectivity index (χ3v) is 6.52. The van der Waals surface area contributed by atoms with Crippen LogP contribution >= 0.6 is 0 Å². The quantitative estimate of drug-likeness (QED) is 0.387. The predicted octanol–water partition coefficient (Wildman–Crippen LogP) is 4.29. The lowest BCUT2D eigenvalue weighted by molar-refractivity contribution is 0.122. The fraction of sp³-hybridized carbons (Fsp3) is 0.250. The normalized spacial score (nSPS) is 14.5. The zero-order valence-corrected chi connectivity index (χ0v) is 20.1. The van der Waals surface area contributed by atoms with E-state index in [-0.39, 0.29) is 5.56 Å². The van der Waals surface area contributed by atoms with Gasteiger partial charge in [0.2, 0.25) is 5.56 Å². The van der Waals surface area contributed by atoms with Gasteiger partial charge < -0.3 is 24.7 Å². The van der Waals surface area contributed by atoms with Gasteiger partial charge in [-0.3, -0.25) is 14.8 Å². The highest BCUT2D eigenvalue weighted by atomic mass is 16.5. The number of aromatic amines is 1. The maximum absolute atomic E-state index is 12.5. The summed E-state index contributed by atoms with van der Waals surface area (Å²) in [5.41, 5.74) is 7.39. The van der Waals surface area contributed by atoms with Crippen LogP contribution < -0.4 is 20.5 Å². The molecule has 36 heavy (non-hydrogen) atoms. The molecule has 2 aliphatic rings. The number of anilines is 2. The Morgan fingerprint density at radius 3 is 2.81 bits per heavy atom. The summed E-state index contributed by atoms with van der Waals surface area (Å²) < 4.78 is 11.9. The van der Waals surface area contributed by atoms with Crippen molar-refractivity contribution in [2.75, 3.05) is 36.5 Å². The maximum atomic E-state index is 12.5. The van der Waals surface area contributed by atoms with Gasteiger partial charge in [-0.25, -0.2) is 0 Å². The monoisotopic (exact) mass is 481 g/mol. The van der Waals surface area contributed by atoms with E-state index in [9.17, 15) is 4.79 Å². The van der Waals surface area contributed by atoms with Gasteiger partial charge in [0, 0.05) is 54.3 Å². The third-order valence-electron chi connectivity index (χ3n) is 6.52. The fourth-order valence-electron chi connectivity index (χ4n) is 4.77. The minimum absolute atomic E-state index is 0.128. The van der Waals surface area contributed by atoms with Crippen LogP contribution in [0.15, 0.2) is 65.7 Å². The molecule has 0 amide bonds. The third kappa shape index (κ3) is 4.55. The van der Waals surface area contributed by atoms with E-state index in [0.29, 0.717) is 19.8 Å². The average molecular weight is 482 g/mol. The summed E-state index contributed by atoms with van der Waals surface area (Å²) in [6.07, 6.45) is 4.27. The molecule has 8 heteroatoms. The molecule has 1 saturated heterocycles. The Bertz CT molecular complexity index is 1480. The lowest BCUT2D eigenvalue weighted by Gasteiger charge is -2.29. The first kappa shape index (κ1) is 22.3. The van der Waals surface area contributed by atoms with Crippen LogP contribution in [0.4, 0.5) is 11.4 Å². The summed E-state index contributed by atoms with van der Waals surface area (Å²) in [6, 6.07) is 15.9. The highest BCUT2D eigenvalue weighted by Gasteiger charge is 2.22. The van der Waals surface area contributed by atoms with Crippen molar-refractivity contribution >= 4 is 11.4 Å². The van der Waals surface area contributed by atoms with Gasteiger partial charge >= 0.3 is 0 Å². The number of H-pyrrole nitrogens is 1. The van der Waals surface area contributed by atoms with Crippen LogP contribution in [0.25, 0.3) is 11.3 Å². The van der Waals surface area contributed by atoms with Gasteiger partial charge in [-0.05, 0) is 42.8 Å². The number of para-hydroxylation sites is 1. The number of nitrogens with one attached hydrogen (secondary N) is 2. The zero-order valence-electron chi connectivity index (χ0n) is 20.1. The van der Waals surface area contributed by atoms with E-state index in [2.05, 4.69) is 37.3 Å². The highest BCUT2D eigenvalue weighted by Crippen LogP contribution is 2.43. The van der Waals surface area contributed by atoms with Crippen molar-refractivity contribution in [2.45, 2.75) is 19.9 Å². The number of aryl methyl sites for hydroxylation is 1. The van der Waals surface area contributed by atoms with Gasteiger partial charge in [0.15, 0.2) is 0 Å². The van der Waals surface area contributed by atoms with Crippen LogP contribution in [0.1, 0.15) is 22.5 Å². The van der Waals surface area contributed by atoms with Gasteiger partial charge in [-0.1, -0.05) is 12.1 Å². The fourth-order valence-corrected chi connectivity index (χ4v) is 4.77. The molecule has 182 valence electrons. The van der Waals surface area contributed by atoms with E-state index in [1.54, 1.807) is 18.5 Å². The molecule has 0 spiro atoms. The summed E-state index contributed by atoms with van der Waals surface area (Å²) in [5, 5.41) is 3.43. The molecule has 0 unspecified atom stereocenters. The molecule has 4 aromatic rings. The molecule has 0 bridgehead atoms. The van der Waals surface area contributed by atoms with E-state index >= 15 is 0 Å². The van der Waals surface area contributed by atoms with Crippen LogP contribution in [0.3, 0.4) is 0 Å². The minimum Gasteiger partial charge on any atom is -0.456 e. The van der Waals surface area contributed by atoms with Gasteiger partial charge in [0.1, 0.15) is 11.5 Å². The summed E-state index contributed by atoms with van der Waals surface area (Å²) in [4.78, 5) is 26.4. The van der Waals surface area contributed by atoms with Crippen LogP contribution in [0.5, 0.6) is 11.5 Å². The van der Waals surface area contributed by atoms with Crippen molar-refractivity contribution in [2.24, 2.45) is 0 Å². The summed E-state index contributed by atoms with van der Waals surface area (Å²) in [5.74, 6) is 1.61. The largest absolute Gasteiger partial charge is 0.456 e. The van der Waals surface area contributed by atoms with Crippen LogP contribution in [0.2, 0.25) is 0 Å². The Kier molecular flexibility index (Phi) is 5.87. The molecular weight excluding hydrogens is 454 g/mol. The Labute approximate surface area is 209 Å². The summed E-state index contributed by atoms with van der Waals surface area (Å²) in [6.45, 7) is 5.41. The zero-order chi connectivity index (χ0) is 24.5. The second-order valence-corrected chi connectivity index (χ2v) is 9.12. The lowest BCUT2D eigenvalue weighted by atomic mass is 9.96. The Morgan fingerprint density at radius 2 is 1.94 bits per heavy atom. The molecule has 0 aliphatic carbocycles. The van der Waals surface area contributed by atoms with Crippen molar-refractivity contribution in [3.05, 3.63) is 93.8 Å². The Morgan fingerprint density at radius 1 is 1.06 bits per heavy atom. The van der Waals surface area contributed by atoms with Crippen LogP contribution in [0, 0.1) is 6.92 Å². The molecule has 2 N–H and O–H groups in total. The number of aromatic nitrogens is 3. The minimum atomic E-state index is -0.128. The lowest BCUT2D eigenvalue weighted by Crippen LogP contribution is -2.36. The van der Waals surface area contributed by atoms with E-state index < -0.39 is 0 Å². The number of rotatable bonds is 5. The molecule has 2 aliphatic heterocycles. The second-order valence-electron chi connectivity index (χ2n) is 9.12. The average Bonchev–Trinajstić information content (AvgIpc) is 2.90. The summed E-state index contributed by atoms with van der Waals surface area (Å²) in [7, 11) is 0. The number of ether oxygens (including phenoxy) is 2. The molecule has 8 nitrogen and oxygen atoms in total. The number of pyridine rings is 1. The standard InChI is InChI=1S/C28H27N5O3/c1-18-15-29-16-22(31-18)17-30-21-5-6-26-20(12-21)11-19-3-2-4-24(28(19)36-26)25-13-23(14-27(34)32-25)33-7-9-35-10-8-33/h2-6,12-16,30H,7-11,17H2,1H3,(H,32,34). The van der Waals surface area contributed by atoms with Gasteiger partial charge in [-0.2, -0.15) is 0 Å².